The lowest BCUT2D eigenvalue weighted by molar-refractivity contribution is -0.114. The number of nitrogens with zero attached hydrogens (tertiary/aromatic N) is 3. The molecule has 3 rings (SSSR count). The van der Waals surface area contributed by atoms with Crippen molar-refractivity contribution in [1.29, 1.82) is 0 Å². The quantitative estimate of drug-likeness (QED) is 0.589. The SMILES string of the molecule is CC(C)=C/C(=C\N(C)C=O)c1nc2ccc(CN)cc2n1CC1CCCOC1. The molecule has 28 heavy (non-hydrogen) atoms. The summed E-state index contributed by atoms with van der Waals surface area (Å²) in [7, 11) is 1.74. The molecule has 1 aliphatic heterocycles. The topological polar surface area (TPSA) is 73.4 Å². The molecule has 6 heteroatoms. The summed E-state index contributed by atoms with van der Waals surface area (Å²) in [5.74, 6) is 1.31. The summed E-state index contributed by atoms with van der Waals surface area (Å²) in [6, 6.07) is 6.17. The molecule has 0 saturated carbocycles. The van der Waals surface area contributed by atoms with E-state index in [0.717, 1.165) is 72.6 Å². The zero-order valence-electron chi connectivity index (χ0n) is 17.0. The first-order valence-electron chi connectivity index (χ1n) is 9.83. The van der Waals surface area contributed by atoms with Gasteiger partial charge in [0.25, 0.3) is 0 Å². The van der Waals surface area contributed by atoms with Gasteiger partial charge >= 0.3 is 0 Å². The van der Waals surface area contributed by atoms with Crippen LogP contribution < -0.4 is 5.73 Å². The van der Waals surface area contributed by atoms with Crippen LogP contribution in [0, 0.1) is 5.92 Å². The third-order valence-corrected chi connectivity index (χ3v) is 4.96. The number of rotatable bonds is 7. The summed E-state index contributed by atoms with van der Waals surface area (Å²) in [6.07, 6.45) is 6.93. The van der Waals surface area contributed by atoms with E-state index in [9.17, 15) is 4.79 Å². The Kier molecular flexibility index (Phi) is 6.65. The maximum Gasteiger partial charge on any atom is 0.213 e. The van der Waals surface area contributed by atoms with Crippen molar-refractivity contribution >= 4 is 23.0 Å². The maximum atomic E-state index is 11.2. The third kappa shape index (κ3) is 4.69. The number of fused-ring (bicyclic) bond motifs is 1. The fourth-order valence-corrected chi connectivity index (χ4v) is 3.63. The smallest absolute Gasteiger partial charge is 0.213 e. The minimum absolute atomic E-state index is 0.447. The molecule has 1 unspecified atom stereocenters. The first-order valence-corrected chi connectivity index (χ1v) is 9.83. The number of imidazole rings is 1. The standard InChI is InChI=1S/C22H30N4O2/c1-16(2)9-19(13-25(3)15-27)22-24-20-7-6-17(11-23)10-21(20)26(22)12-18-5-4-8-28-14-18/h6-7,9-10,13,15,18H,4-5,8,11-12,14,23H2,1-3H3/b19-13+. The van der Waals surface area contributed by atoms with Crippen molar-refractivity contribution < 1.29 is 9.53 Å². The molecule has 150 valence electrons. The summed E-state index contributed by atoms with van der Waals surface area (Å²) in [4.78, 5) is 17.7. The van der Waals surface area contributed by atoms with Crippen molar-refractivity contribution in [3.63, 3.8) is 0 Å². The van der Waals surface area contributed by atoms with Crippen molar-refractivity contribution in [1.82, 2.24) is 14.5 Å². The first-order chi connectivity index (χ1) is 13.5. The van der Waals surface area contributed by atoms with Gasteiger partial charge in [0.05, 0.1) is 17.6 Å². The maximum absolute atomic E-state index is 11.2. The Morgan fingerprint density at radius 3 is 2.89 bits per heavy atom. The van der Waals surface area contributed by atoms with Crippen molar-refractivity contribution in [2.24, 2.45) is 11.7 Å². The monoisotopic (exact) mass is 382 g/mol. The molecule has 2 heterocycles. The zero-order valence-corrected chi connectivity index (χ0v) is 17.0. The Hall–Kier alpha value is -2.44. The number of nitrogens with two attached hydrogens (primary N) is 1. The molecule has 1 aromatic carbocycles. The van der Waals surface area contributed by atoms with E-state index in [1.165, 1.54) is 4.90 Å². The van der Waals surface area contributed by atoms with Crippen LogP contribution in [-0.2, 0) is 22.6 Å². The molecule has 1 aliphatic rings. The number of hydrogen-bond donors (Lipinski definition) is 1. The molecule has 2 aromatic rings. The Morgan fingerprint density at radius 1 is 1.43 bits per heavy atom. The number of amides is 1. The average Bonchev–Trinajstić information content (AvgIpc) is 3.05. The second-order valence-electron chi connectivity index (χ2n) is 7.73. The van der Waals surface area contributed by atoms with Gasteiger partial charge < -0.3 is 19.9 Å². The van der Waals surface area contributed by atoms with E-state index in [1.807, 2.05) is 32.2 Å². The van der Waals surface area contributed by atoms with Gasteiger partial charge in [0.1, 0.15) is 5.82 Å². The lowest BCUT2D eigenvalue weighted by Gasteiger charge is -2.24. The molecular formula is C22H30N4O2. The molecule has 2 N–H and O–H groups in total. The van der Waals surface area contributed by atoms with Gasteiger partial charge in [-0.2, -0.15) is 0 Å². The predicted molar refractivity (Wildman–Crippen MR) is 112 cm³/mol. The van der Waals surface area contributed by atoms with Crippen LogP contribution in [0.3, 0.4) is 0 Å². The Labute approximate surface area is 166 Å². The number of hydrogen-bond acceptors (Lipinski definition) is 4. The predicted octanol–water partition coefficient (Wildman–Crippen LogP) is 3.32. The zero-order chi connectivity index (χ0) is 20.1. The normalized spacial score (nSPS) is 17.6. The molecule has 0 spiro atoms. The molecule has 1 saturated heterocycles. The Morgan fingerprint density at radius 2 is 2.25 bits per heavy atom. The highest BCUT2D eigenvalue weighted by Crippen LogP contribution is 2.27. The minimum Gasteiger partial charge on any atom is -0.381 e. The highest BCUT2D eigenvalue weighted by atomic mass is 16.5. The molecule has 1 atom stereocenters. The minimum atomic E-state index is 0.447. The second-order valence-corrected chi connectivity index (χ2v) is 7.73. The van der Waals surface area contributed by atoms with Crippen LogP contribution >= 0.6 is 0 Å². The lowest BCUT2D eigenvalue weighted by atomic mass is 10.0. The van der Waals surface area contributed by atoms with Crippen LogP contribution in [0.4, 0.5) is 0 Å². The number of allylic oxidation sites excluding steroid dienone is 3. The summed E-state index contributed by atoms with van der Waals surface area (Å²) in [5.41, 5.74) is 11.0. The molecule has 0 radical (unpaired) electrons. The first kappa shape index (κ1) is 20.3. The molecule has 0 bridgehead atoms. The van der Waals surface area contributed by atoms with Gasteiger partial charge in [-0.15, -0.1) is 0 Å². The number of ether oxygens (including phenoxy) is 1. The van der Waals surface area contributed by atoms with Crippen LogP contribution in [0.5, 0.6) is 0 Å². The summed E-state index contributed by atoms with van der Waals surface area (Å²) < 4.78 is 7.96. The number of benzene rings is 1. The number of aromatic nitrogens is 2. The molecule has 0 aliphatic carbocycles. The molecule has 1 amide bonds. The fourth-order valence-electron chi connectivity index (χ4n) is 3.63. The van der Waals surface area contributed by atoms with Gasteiger partial charge in [-0.05, 0) is 44.4 Å². The van der Waals surface area contributed by atoms with Gasteiger partial charge in [-0.3, -0.25) is 4.79 Å². The molecular weight excluding hydrogens is 352 g/mol. The van der Waals surface area contributed by atoms with Gasteiger partial charge in [0, 0.05) is 44.4 Å². The highest BCUT2D eigenvalue weighted by molar-refractivity contribution is 5.83. The summed E-state index contributed by atoms with van der Waals surface area (Å²) in [5, 5.41) is 0. The van der Waals surface area contributed by atoms with E-state index in [-0.39, 0.29) is 0 Å². The van der Waals surface area contributed by atoms with Crippen LogP contribution in [0.1, 0.15) is 38.1 Å². The van der Waals surface area contributed by atoms with E-state index < -0.39 is 0 Å². The van der Waals surface area contributed by atoms with Crippen molar-refractivity contribution in [3.05, 3.63) is 47.4 Å². The molecule has 1 aromatic heterocycles. The van der Waals surface area contributed by atoms with Crippen molar-refractivity contribution in [3.8, 4) is 0 Å². The van der Waals surface area contributed by atoms with Crippen LogP contribution in [0.25, 0.3) is 16.6 Å². The highest BCUT2D eigenvalue weighted by Gasteiger charge is 2.20. The van der Waals surface area contributed by atoms with E-state index in [4.69, 9.17) is 15.5 Å². The Balaban J connectivity index is 2.15. The van der Waals surface area contributed by atoms with Gasteiger partial charge in [0.15, 0.2) is 0 Å². The van der Waals surface area contributed by atoms with Gasteiger partial charge in [0.2, 0.25) is 6.41 Å². The Bertz CT molecular complexity index is 887. The van der Waals surface area contributed by atoms with Crippen LogP contribution in [0.2, 0.25) is 0 Å². The van der Waals surface area contributed by atoms with Crippen LogP contribution in [-0.4, -0.2) is 41.1 Å². The van der Waals surface area contributed by atoms with E-state index in [0.29, 0.717) is 12.5 Å². The second kappa shape index (κ2) is 9.17. The lowest BCUT2D eigenvalue weighted by Crippen LogP contribution is -2.23. The van der Waals surface area contributed by atoms with Gasteiger partial charge in [-0.25, -0.2) is 4.98 Å². The number of carbonyl (C=O) groups is 1. The fraction of sp³-hybridized carbons (Fsp3) is 0.455. The van der Waals surface area contributed by atoms with Gasteiger partial charge in [-0.1, -0.05) is 17.7 Å². The third-order valence-electron chi connectivity index (χ3n) is 4.96. The van der Waals surface area contributed by atoms with E-state index in [1.54, 1.807) is 7.05 Å². The van der Waals surface area contributed by atoms with Crippen molar-refractivity contribution in [2.75, 3.05) is 20.3 Å². The largest absolute Gasteiger partial charge is 0.381 e. The number of carbonyl (C=O) groups excluding carboxylic acids is 1. The average molecular weight is 383 g/mol. The van der Waals surface area contributed by atoms with E-state index in [2.05, 4.69) is 16.7 Å². The molecule has 1 fully saturated rings. The van der Waals surface area contributed by atoms with Crippen molar-refractivity contribution in [2.45, 2.75) is 39.8 Å². The summed E-state index contributed by atoms with van der Waals surface area (Å²) >= 11 is 0. The summed E-state index contributed by atoms with van der Waals surface area (Å²) in [6.45, 7) is 7.03. The molecule has 6 nitrogen and oxygen atoms in total. The van der Waals surface area contributed by atoms with Crippen LogP contribution in [0.15, 0.2) is 36.0 Å². The van der Waals surface area contributed by atoms with E-state index >= 15 is 0 Å².